The summed E-state index contributed by atoms with van der Waals surface area (Å²) in [5.41, 5.74) is 9.64. The topological polar surface area (TPSA) is 23.0 Å². The smallest absolute Gasteiger partial charge is 0.159 e. The monoisotopic (exact) mass is 733 g/mol. The summed E-state index contributed by atoms with van der Waals surface area (Å²) in [6, 6.07) is 52.3. The molecule has 0 saturated carbocycles. The van der Waals surface area contributed by atoms with Crippen molar-refractivity contribution in [1.82, 2.24) is 9.13 Å². The van der Waals surface area contributed by atoms with Crippen molar-refractivity contribution in [2.24, 2.45) is 0 Å². The fraction of sp³-hybridized carbons (Fsp3) is 0. The lowest BCUT2D eigenvalue weighted by molar-refractivity contribution is 0.666. The maximum atomic E-state index is 10.00. The first-order chi connectivity index (χ1) is 31.2. The highest BCUT2D eigenvalue weighted by Gasteiger charge is 2.20. The number of rotatable bonds is 5. The number of hydrogen-bond acceptors (Lipinski definition) is 1. The molecule has 3 heterocycles. The molecule has 0 atom stereocenters. The molecule has 0 radical (unpaired) electrons. The second-order valence-corrected chi connectivity index (χ2v) is 14.3. The summed E-state index contributed by atoms with van der Waals surface area (Å²) in [7, 11) is 0. The number of nitrogens with zero attached hydrogens (tertiary/aromatic N) is 2. The Morgan fingerprint density at radius 2 is 0.982 bits per heavy atom. The van der Waals surface area contributed by atoms with Crippen LogP contribution < -0.4 is 0 Å². The van der Waals surface area contributed by atoms with Crippen LogP contribution in [0.25, 0.3) is 110 Å². The molecule has 12 aromatic rings. The van der Waals surface area contributed by atoms with Crippen molar-refractivity contribution in [1.29, 1.82) is 0 Å². The van der Waals surface area contributed by atoms with Gasteiger partial charge in [-0.1, -0.05) is 145 Å². The zero-order valence-corrected chi connectivity index (χ0v) is 30.4. The summed E-state index contributed by atoms with van der Waals surface area (Å²) in [4.78, 5) is 0. The van der Waals surface area contributed by atoms with Crippen molar-refractivity contribution in [2.75, 3.05) is 0 Å². The van der Waals surface area contributed by atoms with E-state index in [-0.39, 0.29) is 57.6 Å². The van der Waals surface area contributed by atoms with E-state index >= 15 is 0 Å². The molecule has 0 saturated heterocycles. The molecular formula is C54H34N2O. The molecule has 0 fully saturated rings. The minimum Gasteiger partial charge on any atom is -0.454 e. The lowest BCUT2D eigenvalue weighted by Gasteiger charge is -2.14. The number of furan rings is 1. The van der Waals surface area contributed by atoms with Crippen LogP contribution in [0.1, 0.15) is 9.60 Å². The van der Waals surface area contributed by atoms with Gasteiger partial charge in [-0.25, -0.2) is 0 Å². The average molecular weight is 734 g/mol. The van der Waals surface area contributed by atoms with Gasteiger partial charge in [-0.2, -0.15) is 0 Å². The first kappa shape index (κ1) is 25.5. The standard InChI is InChI=1S/C54H34N2O/c1-3-14-35(15-4-1)37-26-29-50-45(32-37)46-34-39(28-31-51(46)55(50)47-22-10-7-18-40(47)36-16-5-2-6-17-36)38-27-30-49-44(33-38)41-19-8-11-23-48(41)56(49)52-24-13-21-43-42-20-9-12-25-53(42)57-54(43)52/h1-34H/i8D,11D,19D,23D,27D,30D,33D. The second-order valence-electron chi connectivity index (χ2n) is 14.3. The van der Waals surface area contributed by atoms with Crippen LogP contribution in [0.2, 0.25) is 0 Å². The molecule has 0 bridgehead atoms. The van der Waals surface area contributed by atoms with Crippen molar-refractivity contribution >= 4 is 65.6 Å². The molecule has 0 aliphatic rings. The van der Waals surface area contributed by atoms with E-state index < -0.39 is 12.1 Å². The summed E-state index contributed by atoms with van der Waals surface area (Å²) < 4.78 is 75.8. The van der Waals surface area contributed by atoms with Gasteiger partial charge in [-0.05, 0) is 88.4 Å². The van der Waals surface area contributed by atoms with Gasteiger partial charge < -0.3 is 13.6 Å². The van der Waals surface area contributed by atoms with Gasteiger partial charge in [-0.3, -0.25) is 0 Å². The Morgan fingerprint density at radius 1 is 0.368 bits per heavy atom. The zero-order valence-electron chi connectivity index (χ0n) is 37.4. The summed E-state index contributed by atoms with van der Waals surface area (Å²) in [5.74, 6) is 0. The third kappa shape index (κ3) is 4.86. The maximum absolute atomic E-state index is 10.00. The number of aromatic nitrogens is 2. The summed E-state index contributed by atoms with van der Waals surface area (Å²) in [6.07, 6.45) is 0. The van der Waals surface area contributed by atoms with Gasteiger partial charge in [-0.15, -0.1) is 0 Å². The largest absolute Gasteiger partial charge is 0.454 e. The van der Waals surface area contributed by atoms with E-state index in [4.69, 9.17) is 7.16 Å². The fourth-order valence-corrected chi connectivity index (χ4v) is 8.59. The minimum absolute atomic E-state index is 0.107. The summed E-state index contributed by atoms with van der Waals surface area (Å²) in [6.45, 7) is 0. The van der Waals surface area contributed by atoms with Crippen LogP contribution in [0.5, 0.6) is 0 Å². The van der Waals surface area contributed by atoms with Crippen molar-refractivity contribution in [3.05, 3.63) is 206 Å². The van der Waals surface area contributed by atoms with Gasteiger partial charge in [0.25, 0.3) is 0 Å². The molecule has 0 aliphatic carbocycles. The molecule has 3 aromatic heterocycles. The molecule has 0 N–H and O–H groups in total. The lowest BCUT2D eigenvalue weighted by Crippen LogP contribution is -1.97. The predicted octanol–water partition coefficient (Wildman–Crippen LogP) is 14.8. The molecule has 12 rings (SSSR count). The van der Waals surface area contributed by atoms with Crippen LogP contribution >= 0.6 is 0 Å². The van der Waals surface area contributed by atoms with Gasteiger partial charge >= 0.3 is 0 Å². The predicted molar refractivity (Wildman–Crippen MR) is 239 cm³/mol. The number of hydrogen-bond donors (Lipinski definition) is 0. The molecule has 0 spiro atoms. The molecule has 3 nitrogen and oxygen atoms in total. The van der Waals surface area contributed by atoms with Crippen molar-refractivity contribution in [2.45, 2.75) is 0 Å². The van der Waals surface area contributed by atoms with E-state index in [2.05, 4.69) is 59.2 Å². The Balaban J connectivity index is 1.17. The van der Waals surface area contributed by atoms with Crippen LogP contribution in [0.3, 0.4) is 0 Å². The van der Waals surface area contributed by atoms with Gasteiger partial charge in [0.1, 0.15) is 5.58 Å². The Hall–Kier alpha value is -7.62. The van der Waals surface area contributed by atoms with E-state index in [1.807, 2.05) is 103 Å². The molecular weight excluding hydrogens is 693 g/mol. The van der Waals surface area contributed by atoms with E-state index in [0.29, 0.717) is 22.4 Å². The van der Waals surface area contributed by atoms with E-state index in [9.17, 15) is 6.85 Å². The SMILES string of the molecule is [2H]c1c([2H])c([2H])c2c(c1[2H])c1c([2H])c(-c3ccc4c(c3)c3cc(-c5ccccc5)ccc3n4-c3ccccc3-c3ccccc3)c([2H])c([2H])c1n2-c1cccc2c1oc1ccccc12. The highest BCUT2D eigenvalue weighted by atomic mass is 16.3. The first-order valence-corrected chi connectivity index (χ1v) is 18.9. The van der Waals surface area contributed by atoms with Crippen LogP contribution in [0, 0.1) is 0 Å². The molecule has 9 aromatic carbocycles. The Labute approximate surface area is 338 Å². The summed E-state index contributed by atoms with van der Waals surface area (Å²) in [5, 5.41) is 3.79. The number of fused-ring (bicyclic) bond motifs is 9. The molecule has 0 unspecified atom stereocenters. The van der Waals surface area contributed by atoms with Crippen molar-refractivity contribution < 1.29 is 14.0 Å². The van der Waals surface area contributed by atoms with Gasteiger partial charge in [0.15, 0.2) is 5.58 Å². The number of benzene rings is 9. The quantitative estimate of drug-likeness (QED) is 0.173. The Morgan fingerprint density at radius 3 is 1.79 bits per heavy atom. The van der Waals surface area contributed by atoms with E-state index in [1.165, 1.54) is 0 Å². The van der Waals surface area contributed by atoms with Gasteiger partial charge in [0.2, 0.25) is 0 Å². The maximum Gasteiger partial charge on any atom is 0.159 e. The van der Waals surface area contributed by atoms with Gasteiger partial charge in [0.05, 0.1) is 43.0 Å². The summed E-state index contributed by atoms with van der Waals surface area (Å²) >= 11 is 0. The molecule has 266 valence electrons. The van der Waals surface area contributed by atoms with Crippen LogP contribution in [-0.4, -0.2) is 9.13 Å². The van der Waals surface area contributed by atoms with E-state index in [0.717, 1.165) is 60.5 Å². The first-order valence-electron chi connectivity index (χ1n) is 22.4. The highest BCUT2D eigenvalue weighted by Crippen LogP contribution is 2.42. The second kappa shape index (κ2) is 12.5. The normalized spacial score (nSPS) is 13.6. The van der Waals surface area contributed by atoms with Crippen LogP contribution in [0.15, 0.2) is 211 Å². The molecule has 57 heavy (non-hydrogen) atoms. The third-order valence-corrected chi connectivity index (χ3v) is 11.2. The van der Waals surface area contributed by atoms with Crippen molar-refractivity contribution in [3.8, 4) is 44.8 Å². The third-order valence-electron chi connectivity index (χ3n) is 11.2. The molecule has 0 amide bonds. The fourth-order valence-electron chi connectivity index (χ4n) is 8.59. The Kier molecular flexibility index (Phi) is 5.56. The number of para-hydroxylation sites is 4. The Bertz CT molecular complexity index is 3930. The molecule has 3 heteroatoms. The minimum atomic E-state index is -0.444. The van der Waals surface area contributed by atoms with Crippen LogP contribution in [-0.2, 0) is 0 Å². The molecule has 0 aliphatic heterocycles. The van der Waals surface area contributed by atoms with Crippen molar-refractivity contribution in [3.63, 3.8) is 0 Å². The van der Waals surface area contributed by atoms with E-state index in [1.54, 1.807) is 10.6 Å². The van der Waals surface area contributed by atoms with Gasteiger partial charge in [0, 0.05) is 37.9 Å². The highest BCUT2D eigenvalue weighted by molar-refractivity contribution is 6.15. The average Bonchev–Trinajstić information content (AvgIpc) is 4.01. The zero-order chi connectivity index (χ0) is 43.5. The van der Waals surface area contributed by atoms with Crippen LogP contribution in [0.4, 0.5) is 0 Å². The lowest BCUT2D eigenvalue weighted by atomic mass is 9.99.